The number of ether oxygens (including phenoxy) is 2. The molecule has 1 aromatic carbocycles. The first kappa shape index (κ1) is 21.2. The largest absolute Gasteiger partial charge is 0.425 e. The van der Waals surface area contributed by atoms with Crippen molar-refractivity contribution in [3.8, 4) is 0 Å². The van der Waals surface area contributed by atoms with E-state index in [-0.39, 0.29) is 11.9 Å². The summed E-state index contributed by atoms with van der Waals surface area (Å²) >= 11 is 0. The van der Waals surface area contributed by atoms with E-state index >= 15 is 0 Å². The summed E-state index contributed by atoms with van der Waals surface area (Å²) in [6.07, 6.45) is 2.48. The molecule has 0 aliphatic carbocycles. The summed E-state index contributed by atoms with van der Waals surface area (Å²) in [5.74, 6) is 0.266. The minimum Gasteiger partial charge on any atom is -0.425 e. The first-order valence-corrected chi connectivity index (χ1v) is 9.28. The van der Waals surface area contributed by atoms with Gasteiger partial charge in [-0.05, 0) is 36.8 Å². The van der Waals surface area contributed by atoms with E-state index in [1.54, 1.807) is 24.3 Å². The van der Waals surface area contributed by atoms with Gasteiger partial charge in [0.15, 0.2) is 0 Å². The SMILES string of the molecule is CC[C@@H](CCC(=O)OC(OC(=O)c1ccccc1)C(C)C)CC(C)C. The summed E-state index contributed by atoms with van der Waals surface area (Å²) < 4.78 is 10.8. The Bertz CT molecular complexity index is 522. The monoisotopic (exact) mass is 348 g/mol. The minimum atomic E-state index is -0.856. The smallest absolute Gasteiger partial charge is 0.341 e. The molecule has 0 fully saturated rings. The van der Waals surface area contributed by atoms with Crippen LogP contribution in [0.4, 0.5) is 0 Å². The number of esters is 2. The zero-order valence-corrected chi connectivity index (χ0v) is 16.2. The first-order chi connectivity index (χ1) is 11.8. The molecule has 0 radical (unpaired) electrons. The van der Waals surface area contributed by atoms with Crippen LogP contribution in [-0.2, 0) is 14.3 Å². The highest BCUT2D eigenvalue weighted by Gasteiger charge is 2.24. The Morgan fingerprint density at radius 1 is 1.00 bits per heavy atom. The molecule has 0 saturated carbocycles. The van der Waals surface area contributed by atoms with Crippen molar-refractivity contribution in [2.24, 2.45) is 17.8 Å². The molecule has 0 saturated heterocycles. The highest BCUT2D eigenvalue weighted by molar-refractivity contribution is 5.89. The Morgan fingerprint density at radius 2 is 1.64 bits per heavy atom. The normalized spacial score (nSPS) is 13.6. The van der Waals surface area contributed by atoms with Gasteiger partial charge in [0.2, 0.25) is 6.29 Å². The zero-order valence-electron chi connectivity index (χ0n) is 16.2. The average molecular weight is 348 g/mol. The Morgan fingerprint density at radius 3 is 2.16 bits per heavy atom. The lowest BCUT2D eigenvalue weighted by molar-refractivity contribution is -0.176. The fraction of sp³-hybridized carbons (Fsp3) is 0.619. The molecular weight excluding hydrogens is 316 g/mol. The minimum absolute atomic E-state index is 0.103. The van der Waals surface area contributed by atoms with Gasteiger partial charge >= 0.3 is 11.9 Å². The Balaban J connectivity index is 2.54. The fourth-order valence-electron chi connectivity index (χ4n) is 2.71. The van der Waals surface area contributed by atoms with Crippen molar-refractivity contribution in [3.63, 3.8) is 0 Å². The number of hydrogen-bond acceptors (Lipinski definition) is 4. The van der Waals surface area contributed by atoms with Gasteiger partial charge < -0.3 is 9.47 Å². The maximum absolute atomic E-state index is 12.2. The van der Waals surface area contributed by atoms with Crippen LogP contribution in [0.3, 0.4) is 0 Å². The van der Waals surface area contributed by atoms with Crippen molar-refractivity contribution in [3.05, 3.63) is 35.9 Å². The van der Waals surface area contributed by atoms with Crippen LogP contribution in [0.1, 0.15) is 70.7 Å². The summed E-state index contributed by atoms with van der Waals surface area (Å²) in [6, 6.07) is 8.73. The molecule has 0 aromatic heterocycles. The molecular formula is C21H32O4. The maximum Gasteiger partial charge on any atom is 0.341 e. The van der Waals surface area contributed by atoms with Crippen LogP contribution in [0.15, 0.2) is 30.3 Å². The van der Waals surface area contributed by atoms with Crippen molar-refractivity contribution >= 4 is 11.9 Å². The van der Waals surface area contributed by atoms with Gasteiger partial charge in [-0.15, -0.1) is 0 Å². The van der Waals surface area contributed by atoms with Crippen molar-refractivity contribution in [2.45, 2.75) is 66.6 Å². The van der Waals surface area contributed by atoms with E-state index in [0.717, 1.165) is 19.3 Å². The van der Waals surface area contributed by atoms with Crippen molar-refractivity contribution in [1.29, 1.82) is 0 Å². The van der Waals surface area contributed by atoms with E-state index in [1.165, 1.54) is 0 Å². The summed E-state index contributed by atoms with van der Waals surface area (Å²) in [5.41, 5.74) is 0.451. The molecule has 25 heavy (non-hydrogen) atoms. The third-order valence-electron chi connectivity index (χ3n) is 4.16. The van der Waals surface area contributed by atoms with Crippen molar-refractivity contribution in [2.75, 3.05) is 0 Å². The molecule has 0 amide bonds. The van der Waals surface area contributed by atoms with Crippen molar-refractivity contribution in [1.82, 2.24) is 0 Å². The highest BCUT2D eigenvalue weighted by Crippen LogP contribution is 2.21. The second-order valence-corrected chi connectivity index (χ2v) is 7.32. The molecule has 0 aliphatic rings. The number of hydrogen-bond donors (Lipinski definition) is 0. The third-order valence-corrected chi connectivity index (χ3v) is 4.16. The molecule has 4 heteroatoms. The molecule has 4 nitrogen and oxygen atoms in total. The van der Waals surface area contributed by atoms with Crippen LogP contribution in [0.5, 0.6) is 0 Å². The van der Waals surface area contributed by atoms with Crippen LogP contribution in [0, 0.1) is 17.8 Å². The van der Waals surface area contributed by atoms with E-state index in [4.69, 9.17) is 9.47 Å². The second kappa shape index (κ2) is 10.9. The lowest BCUT2D eigenvalue weighted by Crippen LogP contribution is -2.29. The predicted molar refractivity (Wildman–Crippen MR) is 99.0 cm³/mol. The molecule has 0 spiro atoms. The van der Waals surface area contributed by atoms with Gasteiger partial charge in [-0.25, -0.2) is 4.79 Å². The van der Waals surface area contributed by atoms with Crippen molar-refractivity contribution < 1.29 is 19.1 Å². The molecule has 0 heterocycles. The average Bonchev–Trinajstić information content (AvgIpc) is 2.58. The molecule has 1 aromatic rings. The van der Waals surface area contributed by atoms with Crippen LogP contribution in [0.25, 0.3) is 0 Å². The lowest BCUT2D eigenvalue weighted by atomic mass is 9.91. The Kier molecular flexibility index (Phi) is 9.25. The van der Waals surface area contributed by atoms with Crippen LogP contribution in [0.2, 0.25) is 0 Å². The Hall–Kier alpha value is -1.84. The molecule has 2 atom stereocenters. The van der Waals surface area contributed by atoms with Crippen LogP contribution in [-0.4, -0.2) is 18.2 Å². The molecule has 0 bridgehead atoms. The van der Waals surface area contributed by atoms with E-state index in [1.807, 2.05) is 19.9 Å². The Labute approximate surface area is 151 Å². The maximum atomic E-state index is 12.2. The number of carbonyl (C=O) groups excluding carboxylic acids is 2. The summed E-state index contributed by atoms with van der Waals surface area (Å²) in [7, 11) is 0. The third kappa shape index (κ3) is 8.19. The summed E-state index contributed by atoms with van der Waals surface area (Å²) in [5, 5.41) is 0. The predicted octanol–water partition coefficient (Wildman–Crippen LogP) is 5.22. The number of rotatable bonds is 10. The molecule has 1 rings (SSSR count). The highest BCUT2D eigenvalue weighted by atomic mass is 16.7. The number of benzene rings is 1. The van der Waals surface area contributed by atoms with Gasteiger partial charge in [0.1, 0.15) is 0 Å². The number of carbonyl (C=O) groups is 2. The van der Waals surface area contributed by atoms with Crippen LogP contribution < -0.4 is 0 Å². The van der Waals surface area contributed by atoms with Gasteiger partial charge in [-0.3, -0.25) is 4.79 Å². The van der Waals surface area contributed by atoms with Gasteiger partial charge in [-0.2, -0.15) is 0 Å². The van der Waals surface area contributed by atoms with E-state index in [0.29, 0.717) is 23.8 Å². The van der Waals surface area contributed by atoms with E-state index in [2.05, 4.69) is 20.8 Å². The molecule has 0 aliphatic heterocycles. The summed E-state index contributed by atoms with van der Waals surface area (Å²) in [4.78, 5) is 24.3. The molecule has 140 valence electrons. The van der Waals surface area contributed by atoms with E-state index < -0.39 is 12.3 Å². The first-order valence-electron chi connectivity index (χ1n) is 9.28. The van der Waals surface area contributed by atoms with Gasteiger partial charge in [0.25, 0.3) is 0 Å². The van der Waals surface area contributed by atoms with E-state index in [9.17, 15) is 9.59 Å². The summed E-state index contributed by atoms with van der Waals surface area (Å²) in [6.45, 7) is 10.3. The van der Waals surface area contributed by atoms with Gasteiger partial charge in [0.05, 0.1) is 5.56 Å². The second-order valence-electron chi connectivity index (χ2n) is 7.32. The van der Waals surface area contributed by atoms with Gasteiger partial charge in [-0.1, -0.05) is 59.2 Å². The molecule has 1 unspecified atom stereocenters. The fourth-order valence-corrected chi connectivity index (χ4v) is 2.71. The standard InChI is InChI=1S/C21H32O4/c1-6-17(14-15(2)3)12-13-19(22)24-21(16(4)5)25-20(23)18-10-8-7-9-11-18/h7-11,15-17,21H,6,12-14H2,1-5H3/t17-,21?/m0/s1. The molecule has 0 N–H and O–H groups in total. The topological polar surface area (TPSA) is 52.6 Å². The van der Waals surface area contributed by atoms with Gasteiger partial charge in [0, 0.05) is 12.3 Å². The zero-order chi connectivity index (χ0) is 18.8. The lowest BCUT2D eigenvalue weighted by Gasteiger charge is -2.22. The quantitative estimate of drug-likeness (QED) is 0.429. The van der Waals surface area contributed by atoms with Crippen LogP contribution >= 0.6 is 0 Å².